The fraction of sp³-hybridized carbons (Fsp3) is 0.562. The zero-order chi connectivity index (χ0) is 15.8. The Hall–Kier alpha value is -1.66. The highest BCUT2D eigenvalue weighted by molar-refractivity contribution is 5.72. The predicted octanol–water partition coefficient (Wildman–Crippen LogP) is 0.851. The fourth-order valence-corrected chi connectivity index (χ4v) is 2.56. The smallest absolute Gasteiger partial charge is 0.216 e. The van der Waals surface area contributed by atoms with Crippen molar-refractivity contribution in [3.05, 3.63) is 29.6 Å². The van der Waals surface area contributed by atoms with Crippen molar-refractivity contribution in [2.75, 3.05) is 44.2 Å². The van der Waals surface area contributed by atoms with E-state index < -0.39 is 0 Å². The van der Waals surface area contributed by atoms with E-state index in [-0.39, 0.29) is 11.7 Å². The molecule has 0 spiro atoms. The Kier molecular flexibility index (Phi) is 6.61. The van der Waals surface area contributed by atoms with Gasteiger partial charge in [-0.3, -0.25) is 4.79 Å². The van der Waals surface area contributed by atoms with Crippen LogP contribution in [0.4, 0.5) is 10.1 Å². The molecule has 0 aliphatic carbocycles. The molecule has 1 aliphatic rings. The zero-order valence-electron chi connectivity index (χ0n) is 13.1. The fourth-order valence-electron chi connectivity index (χ4n) is 2.56. The Morgan fingerprint density at radius 2 is 2.18 bits per heavy atom. The zero-order valence-corrected chi connectivity index (χ0v) is 13.1. The van der Waals surface area contributed by atoms with Gasteiger partial charge >= 0.3 is 0 Å². The average Bonchev–Trinajstić information content (AvgIpc) is 2.77. The second-order valence-corrected chi connectivity index (χ2v) is 5.54. The third-order valence-electron chi connectivity index (χ3n) is 3.70. The molecule has 1 amide bonds. The van der Waals surface area contributed by atoms with Gasteiger partial charge in [-0.2, -0.15) is 0 Å². The number of carbonyl (C=O) groups is 1. The Labute approximate surface area is 131 Å². The van der Waals surface area contributed by atoms with Crippen molar-refractivity contribution in [2.24, 2.45) is 0 Å². The van der Waals surface area contributed by atoms with Crippen molar-refractivity contribution in [3.63, 3.8) is 0 Å². The van der Waals surface area contributed by atoms with Crippen molar-refractivity contribution >= 4 is 11.6 Å². The van der Waals surface area contributed by atoms with Crippen LogP contribution < -0.4 is 20.9 Å². The van der Waals surface area contributed by atoms with Crippen LogP contribution in [-0.2, 0) is 11.3 Å². The van der Waals surface area contributed by atoms with Crippen molar-refractivity contribution in [2.45, 2.75) is 19.9 Å². The minimum Gasteiger partial charge on any atom is -0.368 e. The van der Waals surface area contributed by atoms with Gasteiger partial charge in [0.25, 0.3) is 0 Å². The van der Waals surface area contributed by atoms with Crippen LogP contribution in [0.1, 0.15) is 18.9 Å². The molecule has 3 N–H and O–H groups in total. The molecule has 0 bridgehead atoms. The summed E-state index contributed by atoms with van der Waals surface area (Å²) in [5.74, 6) is -0.190. The summed E-state index contributed by atoms with van der Waals surface area (Å²) in [6.45, 7) is 7.04. The van der Waals surface area contributed by atoms with Crippen LogP contribution in [0.5, 0.6) is 0 Å². The molecule has 0 atom stereocenters. The van der Waals surface area contributed by atoms with Crippen LogP contribution >= 0.6 is 0 Å². The number of hydrogen-bond donors (Lipinski definition) is 3. The highest BCUT2D eigenvalue weighted by atomic mass is 19.1. The third-order valence-corrected chi connectivity index (χ3v) is 3.70. The SMILES string of the molecule is CC(=O)NCCNCc1ccc(F)c(N2CCCNCC2)c1. The monoisotopic (exact) mass is 308 g/mol. The van der Waals surface area contributed by atoms with Gasteiger partial charge in [0.15, 0.2) is 0 Å². The second kappa shape index (κ2) is 8.70. The highest BCUT2D eigenvalue weighted by Crippen LogP contribution is 2.21. The second-order valence-electron chi connectivity index (χ2n) is 5.54. The van der Waals surface area contributed by atoms with E-state index in [9.17, 15) is 9.18 Å². The van der Waals surface area contributed by atoms with Gasteiger partial charge in [0.1, 0.15) is 5.82 Å². The van der Waals surface area contributed by atoms with Crippen molar-refractivity contribution < 1.29 is 9.18 Å². The largest absolute Gasteiger partial charge is 0.368 e. The standard InChI is InChI=1S/C16H25FN4O/c1-13(22)20-7-6-19-12-14-3-4-15(17)16(11-14)21-9-2-5-18-8-10-21/h3-4,11,18-19H,2,5-10,12H2,1H3,(H,20,22). The lowest BCUT2D eigenvalue weighted by atomic mass is 10.1. The molecule has 1 aliphatic heterocycles. The van der Waals surface area contributed by atoms with E-state index in [1.807, 2.05) is 6.07 Å². The molecular formula is C16H25FN4O. The van der Waals surface area contributed by atoms with Gasteiger partial charge < -0.3 is 20.9 Å². The number of amides is 1. The molecule has 1 heterocycles. The minimum atomic E-state index is -0.163. The van der Waals surface area contributed by atoms with Gasteiger partial charge in [-0.1, -0.05) is 6.07 Å². The summed E-state index contributed by atoms with van der Waals surface area (Å²) in [6.07, 6.45) is 1.03. The van der Waals surface area contributed by atoms with Gasteiger partial charge in [-0.15, -0.1) is 0 Å². The molecule has 0 aromatic heterocycles. The number of anilines is 1. The molecule has 0 saturated carbocycles. The molecule has 2 rings (SSSR count). The number of halogens is 1. The van der Waals surface area contributed by atoms with Crippen molar-refractivity contribution in [3.8, 4) is 0 Å². The van der Waals surface area contributed by atoms with E-state index in [2.05, 4.69) is 20.9 Å². The predicted molar refractivity (Wildman–Crippen MR) is 86.5 cm³/mol. The van der Waals surface area contributed by atoms with Gasteiger partial charge in [-0.05, 0) is 30.7 Å². The van der Waals surface area contributed by atoms with E-state index in [4.69, 9.17) is 0 Å². The lowest BCUT2D eigenvalue weighted by Crippen LogP contribution is -2.30. The summed E-state index contributed by atoms with van der Waals surface area (Å²) in [4.78, 5) is 12.9. The Bertz CT molecular complexity index is 487. The molecule has 1 aromatic carbocycles. The van der Waals surface area contributed by atoms with E-state index >= 15 is 0 Å². The summed E-state index contributed by atoms with van der Waals surface area (Å²) in [5, 5.41) is 9.31. The van der Waals surface area contributed by atoms with Gasteiger partial charge in [0.2, 0.25) is 5.91 Å². The van der Waals surface area contributed by atoms with Crippen LogP contribution in [0, 0.1) is 5.82 Å². The summed E-state index contributed by atoms with van der Waals surface area (Å²) < 4.78 is 14.1. The number of rotatable bonds is 6. The Morgan fingerprint density at radius 3 is 3.00 bits per heavy atom. The molecule has 0 radical (unpaired) electrons. The molecule has 6 heteroatoms. The number of hydrogen-bond acceptors (Lipinski definition) is 4. The molecule has 1 aromatic rings. The average molecular weight is 308 g/mol. The first-order valence-electron chi connectivity index (χ1n) is 7.86. The third kappa shape index (κ3) is 5.27. The minimum absolute atomic E-state index is 0.0272. The summed E-state index contributed by atoms with van der Waals surface area (Å²) in [7, 11) is 0. The maximum Gasteiger partial charge on any atom is 0.216 e. The van der Waals surface area contributed by atoms with Crippen LogP contribution in [0.15, 0.2) is 18.2 Å². The van der Waals surface area contributed by atoms with Crippen LogP contribution in [-0.4, -0.2) is 45.2 Å². The van der Waals surface area contributed by atoms with E-state index in [1.54, 1.807) is 12.1 Å². The van der Waals surface area contributed by atoms with Crippen LogP contribution in [0.3, 0.4) is 0 Å². The maximum atomic E-state index is 14.1. The summed E-state index contributed by atoms with van der Waals surface area (Å²) in [5.41, 5.74) is 1.74. The van der Waals surface area contributed by atoms with E-state index in [1.165, 1.54) is 6.92 Å². The summed E-state index contributed by atoms with van der Waals surface area (Å²) >= 11 is 0. The van der Waals surface area contributed by atoms with Crippen molar-refractivity contribution in [1.29, 1.82) is 0 Å². The molecule has 122 valence electrons. The normalized spacial score (nSPS) is 15.5. The molecule has 5 nitrogen and oxygen atoms in total. The van der Waals surface area contributed by atoms with Crippen LogP contribution in [0.25, 0.3) is 0 Å². The number of nitrogens with zero attached hydrogens (tertiary/aromatic N) is 1. The molecule has 0 unspecified atom stereocenters. The van der Waals surface area contributed by atoms with Gasteiger partial charge in [0.05, 0.1) is 5.69 Å². The van der Waals surface area contributed by atoms with Gasteiger partial charge in [0, 0.05) is 46.2 Å². The lowest BCUT2D eigenvalue weighted by Gasteiger charge is -2.23. The molecule has 22 heavy (non-hydrogen) atoms. The lowest BCUT2D eigenvalue weighted by molar-refractivity contribution is -0.118. The molecular weight excluding hydrogens is 283 g/mol. The van der Waals surface area contributed by atoms with E-state index in [0.717, 1.165) is 38.2 Å². The first-order valence-corrected chi connectivity index (χ1v) is 7.86. The molecule has 1 saturated heterocycles. The first-order chi connectivity index (χ1) is 10.7. The molecule has 1 fully saturated rings. The quantitative estimate of drug-likeness (QED) is 0.682. The van der Waals surface area contributed by atoms with Crippen LogP contribution in [0.2, 0.25) is 0 Å². The number of nitrogens with one attached hydrogen (secondary N) is 3. The van der Waals surface area contributed by atoms with Gasteiger partial charge in [-0.25, -0.2) is 4.39 Å². The first kappa shape index (κ1) is 16.7. The highest BCUT2D eigenvalue weighted by Gasteiger charge is 2.14. The Morgan fingerprint density at radius 1 is 1.32 bits per heavy atom. The maximum absolute atomic E-state index is 14.1. The number of benzene rings is 1. The number of carbonyl (C=O) groups excluding carboxylic acids is 1. The topological polar surface area (TPSA) is 56.4 Å². The van der Waals surface area contributed by atoms with Crippen molar-refractivity contribution in [1.82, 2.24) is 16.0 Å². The Balaban J connectivity index is 1.90. The summed E-state index contributed by atoms with van der Waals surface area (Å²) in [6, 6.07) is 5.27. The van der Waals surface area contributed by atoms with E-state index in [0.29, 0.717) is 25.3 Å².